The predicted molar refractivity (Wildman–Crippen MR) is 482 cm³/mol. The van der Waals surface area contributed by atoms with Crippen molar-refractivity contribution in [1.29, 1.82) is 0 Å². The molecule has 0 aromatic carbocycles. The van der Waals surface area contributed by atoms with Gasteiger partial charge in [0, 0.05) is 19.3 Å². The van der Waals surface area contributed by atoms with Crippen LogP contribution in [0, 0.1) is 0 Å². The number of carbonyl (C=O) groups is 3. The highest BCUT2D eigenvalue weighted by Crippen LogP contribution is 2.45. The molecule has 662 valence electrons. The van der Waals surface area contributed by atoms with Crippen LogP contribution in [0.5, 0.6) is 0 Å². The number of esters is 3. The molecule has 0 saturated carbocycles. The molecule has 0 saturated heterocycles. The number of aliphatic hydroxyl groups excluding tert-OH is 2. The van der Waals surface area contributed by atoms with Gasteiger partial charge >= 0.3 is 33.6 Å². The summed E-state index contributed by atoms with van der Waals surface area (Å²) >= 11 is 0. The fourth-order valence-corrected chi connectivity index (χ4v) is 14.1. The largest absolute Gasteiger partial charge is 0.472 e. The molecule has 0 radical (unpaired) electrons. The smallest absolute Gasteiger partial charge is 0.463 e. The molecule has 0 rings (SSSR count). The van der Waals surface area contributed by atoms with Gasteiger partial charge in [-0.1, -0.05) is 372 Å². The van der Waals surface area contributed by atoms with Gasteiger partial charge in [0.25, 0.3) is 0 Å². The van der Waals surface area contributed by atoms with E-state index in [1.165, 1.54) is 173 Å². The third kappa shape index (κ3) is 90.0. The van der Waals surface area contributed by atoms with Crippen LogP contribution in [0.1, 0.15) is 393 Å². The lowest BCUT2D eigenvalue weighted by atomic mass is 10.0. The van der Waals surface area contributed by atoms with E-state index in [-0.39, 0.29) is 19.3 Å². The Kier molecular flexibility index (Phi) is 85.2. The Morgan fingerprint density at radius 3 is 0.730 bits per heavy atom. The van der Waals surface area contributed by atoms with Gasteiger partial charge in [0.2, 0.25) is 0 Å². The zero-order chi connectivity index (χ0) is 83.6. The number of allylic oxidation sites excluding steroid dienone is 24. The maximum absolute atomic E-state index is 13.0. The van der Waals surface area contributed by atoms with E-state index >= 15 is 0 Å². The van der Waals surface area contributed by atoms with E-state index in [0.717, 1.165) is 161 Å². The van der Waals surface area contributed by atoms with Crippen molar-refractivity contribution in [1.82, 2.24) is 0 Å². The van der Waals surface area contributed by atoms with E-state index in [0.29, 0.717) is 19.3 Å². The standard InChI is InChI=1S/C97H168O16P2/c1-4-7-10-13-16-19-22-25-28-31-34-36-38-40-41-42-43-44-45-46-47-48-49-51-53-54-57-59-62-65-68-71-74-77-80-83-95(100)107-86-92(98)87-109-114(103,104)110-88-93(99)89-111-115(105,106)112-91-94(113-97(102)85-82-79-76-73-70-67-64-61-56-33-30-27-24-21-18-15-12-9-6-3)90-108-96(101)84-81-78-75-72-69-66-63-60-58-55-52-50-39-37-35-32-29-26-23-20-17-14-11-8-5-2/h7,10,16-21,25-30,34-37,40-41,50,52,56,61,92-94,98-99H,4-6,8-9,11-15,22-24,31-33,38-39,42-49,51,53-55,57-60,62-91H2,1-3H3,(H,103,104)(H,105,106)/b10-7-,19-16-,20-17-,21-18-,28-25-,29-26-,30-27-,36-34-,37-35-,41-40-,52-50-,61-56-. The van der Waals surface area contributed by atoms with Crippen LogP contribution in [0.4, 0.5) is 0 Å². The lowest BCUT2D eigenvalue weighted by Crippen LogP contribution is -2.30. The van der Waals surface area contributed by atoms with Crippen LogP contribution in [0.3, 0.4) is 0 Å². The van der Waals surface area contributed by atoms with Crippen molar-refractivity contribution in [2.24, 2.45) is 0 Å². The number of phosphoric ester groups is 2. The second-order valence-corrected chi connectivity index (χ2v) is 33.6. The molecule has 0 aromatic heterocycles. The van der Waals surface area contributed by atoms with Gasteiger partial charge in [-0.25, -0.2) is 9.13 Å². The van der Waals surface area contributed by atoms with E-state index in [4.69, 9.17) is 32.3 Å². The second-order valence-electron chi connectivity index (χ2n) is 30.7. The van der Waals surface area contributed by atoms with Gasteiger partial charge in [-0.2, -0.15) is 0 Å². The van der Waals surface area contributed by atoms with Crippen LogP contribution >= 0.6 is 15.6 Å². The van der Waals surface area contributed by atoms with Gasteiger partial charge in [-0.15, -0.1) is 0 Å². The summed E-state index contributed by atoms with van der Waals surface area (Å²) in [6.07, 6.45) is 112. The zero-order valence-electron chi connectivity index (χ0n) is 72.9. The minimum Gasteiger partial charge on any atom is -0.463 e. The van der Waals surface area contributed by atoms with Crippen LogP contribution in [0.25, 0.3) is 0 Å². The first-order valence-electron chi connectivity index (χ1n) is 46.1. The Morgan fingerprint density at radius 1 is 0.252 bits per heavy atom. The van der Waals surface area contributed by atoms with Gasteiger partial charge in [0.05, 0.1) is 26.4 Å². The molecule has 0 amide bonds. The Labute approximate surface area is 702 Å². The van der Waals surface area contributed by atoms with E-state index < -0.39 is 91.5 Å². The fourth-order valence-electron chi connectivity index (χ4n) is 12.5. The number of unbranched alkanes of at least 4 members (excludes halogenated alkanes) is 40. The predicted octanol–water partition coefficient (Wildman–Crippen LogP) is 28.3. The normalized spacial score (nSPS) is 14.5. The Morgan fingerprint density at radius 2 is 0.461 bits per heavy atom. The lowest BCUT2D eigenvalue weighted by molar-refractivity contribution is -0.161. The average Bonchev–Trinajstić information content (AvgIpc) is 0.902. The van der Waals surface area contributed by atoms with Crippen LogP contribution in [0.15, 0.2) is 146 Å². The minimum absolute atomic E-state index is 0.0866. The van der Waals surface area contributed by atoms with Crippen molar-refractivity contribution in [3.05, 3.63) is 146 Å². The molecule has 0 aliphatic carbocycles. The van der Waals surface area contributed by atoms with Crippen molar-refractivity contribution in [3.8, 4) is 0 Å². The molecule has 0 aromatic rings. The number of hydrogen-bond donors (Lipinski definition) is 4. The molecular weight excluding hydrogens is 1480 g/mol. The van der Waals surface area contributed by atoms with Crippen molar-refractivity contribution in [2.45, 2.75) is 411 Å². The number of carbonyl (C=O) groups excluding carboxylic acids is 3. The van der Waals surface area contributed by atoms with Crippen LogP contribution in [-0.4, -0.2) is 95.9 Å². The summed E-state index contributed by atoms with van der Waals surface area (Å²) in [6.45, 7) is 2.54. The highest BCUT2D eigenvalue weighted by atomic mass is 31.2. The van der Waals surface area contributed by atoms with E-state index in [1.54, 1.807) is 0 Å². The highest BCUT2D eigenvalue weighted by Gasteiger charge is 2.29. The van der Waals surface area contributed by atoms with E-state index in [9.17, 15) is 43.5 Å². The van der Waals surface area contributed by atoms with Gasteiger partial charge in [0.15, 0.2) is 6.10 Å². The molecule has 18 heteroatoms. The molecule has 115 heavy (non-hydrogen) atoms. The number of rotatable bonds is 87. The quantitative estimate of drug-likeness (QED) is 0.0146. The molecule has 5 atom stereocenters. The van der Waals surface area contributed by atoms with Crippen molar-refractivity contribution < 1.29 is 75.8 Å². The molecule has 4 N–H and O–H groups in total. The summed E-state index contributed by atoms with van der Waals surface area (Å²) in [5, 5.41) is 20.7. The highest BCUT2D eigenvalue weighted by molar-refractivity contribution is 7.47. The first kappa shape index (κ1) is 110. The van der Waals surface area contributed by atoms with E-state index in [1.807, 2.05) is 0 Å². The molecule has 5 unspecified atom stereocenters. The summed E-state index contributed by atoms with van der Waals surface area (Å²) in [6, 6.07) is 0. The van der Waals surface area contributed by atoms with Crippen molar-refractivity contribution >= 4 is 33.6 Å². The second kappa shape index (κ2) is 88.7. The molecule has 0 aliphatic rings. The molecular formula is C97H168O16P2. The average molecular weight is 1650 g/mol. The van der Waals surface area contributed by atoms with Gasteiger partial charge in [-0.05, 0) is 148 Å². The van der Waals surface area contributed by atoms with Gasteiger partial charge < -0.3 is 34.2 Å². The SMILES string of the molecule is CC/C=C\C/C=C\C/C=C\C/C=C\C/C=C\CCCCCCCCCCCCCCCCCCCCCC(=O)OCC(O)COP(=O)(O)OCC(O)COP(=O)(O)OCC(COC(=O)CCCCCCCCCCC/C=C\C/C=C\C/C=C\C/C=C\CCCCC)OC(=O)CCCCCCCC/C=C\C/C=C\C/C=C\CCCCC. The van der Waals surface area contributed by atoms with E-state index in [2.05, 4.69) is 167 Å². The van der Waals surface area contributed by atoms with Gasteiger partial charge in [0.1, 0.15) is 25.4 Å². The maximum Gasteiger partial charge on any atom is 0.472 e. The first-order chi connectivity index (χ1) is 56.2. The number of aliphatic hydroxyl groups is 2. The summed E-state index contributed by atoms with van der Waals surface area (Å²) in [5.41, 5.74) is 0. The molecule has 0 fully saturated rings. The molecule has 0 bridgehead atoms. The summed E-state index contributed by atoms with van der Waals surface area (Å²) < 4.78 is 61.4. The fraction of sp³-hybridized carbons (Fsp3) is 0.722. The lowest BCUT2D eigenvalue weighted by Gasteiger charge is -2.21. The van der Waals surface area contributed by atoms with Gasteiger partial charge in [-0.3, -0.25) is 32.5 Å². The summed E-state index contributed by atoms with van der Waals surface area (Å²) in [4.78, 5) is 59.0. The van der Waals surface area contributed by atoms with Crippen LogP contribution in [0.2, 0.25) is 0 Å². The monoisotopic (exact) mass is 1650 g/mol. The first-order valence-corrected chi connectivity index (χ1v) is 49.1. The number of hydrogen-bond acceptors (Lipinski definition) is 14. The third-order valence-corrected chi connectivity index (χ3v) is 21.4. The molecule has 0 spiro atoms. The van der Waals surface area contributed by atoms with Crippen molar-refractivity contribution in [3.63, 3.8) is 0 Å². The summed E-state index contributed by atoms with van der Waals surface area (Å²) in [7, 11) is -9.81. The minimum atomic E-state index is -4.95. The van der Waals surface area contributed by atoms with Crippen LogP contribution in [-0.2, 0) is 55.8 Å². The maximum atomic E-state index is 13.0. The number of phosphoric acid groups is 2. The molecule has 0 heterocycles. The Balaban J connectivity index is 4.50. The third-order valence-electron chi connectivity index (χ3n) is 19.5. The summed E-state index contributed by atoms with van der Waals surface area (Å²) in [5.74, 6) is -1.58. The van der Waals surface area contributed by atoms with Crippen LogP contribution < -0.4 is 0 Å². The molecule has 16 nitrogen and oxygen atoms in total. The topological polar surface area (TPSA) is 231 Å². The molecule has 0 aliphatic heterocycles. The Hall–Kier alpha value is -4.57. The number of ether oxygens (including phenoxy) is 3. The van der Waals surface area contributed by atoms with Crippen molar-refractivity contribution in [2.75, 3.05) is 39.6 Å². The zero-order valence-corrected chi connectivity index (χ0v) is 74.7. The Bertz CT molecular complexity index is 2670.